The Morgan fingerprint density at radius 3 is 2.11 bits per heavy atom. The van der Waals surface area contributed by atoms with Crippen molar-refractivity contribution in [3.8, 4) is 0 Å². The van der Waals surface area contributed by atoms with Crippen molar-refractivity contribution in [2.24, 2.45) is 0 Å². The van der Waals surface area contributed by atoms with E-state index in [1.165, 1.54) is 34.6 Å². The van der Waals surface area contributed by atoms with Crippen LogP contribution >= 0.6 is 23.2 Å². The first-order valence-corrected chi connectivity index (χ1v) is 12.3. The zero-order valence-electron chi connectivity index (χ0n) is 15.5. The molecule has 0 saturated heterocycles. The largest absolute Gasteiger partial charge is 0.243 e. The Hall–Kier alpha value is -1.16. The van der Waals surface area contributed by atoms with Gasteiger partial charge in [0.2, 0.25) is 20.0 Å². The van der Waals surface area contributed by atoms with Crippen molar-refractivity contribution in [2.75, 3.05) is 19.6 Å². The second-order valence-corrected chi connectivity index (χ2v) is 10.5. The predicted molar refractivity (Wildman–Crippen MR) is 112 cm³/mol. The van der Waals surface area contributed by atoms with Gasteiger partial charge in [0.05, 0.1) is 9.92 Å². The van der Waals surface area contributed by atoms with Gasteiger partial charge >= 0.3 is 0 Å². The molecule has 0 fully saturated rings. The van der Waals surface area contributed by atoms with Crippen LogP contribution in [-0.4, -0.2) is 40.8 Å². The van der Waals surface area contributed by atoms with Crippen molar-refractivity contribution in [2.45, 2.75) is 30.1 Å². The van der Waals surface area contributed by atoms with E-state index in [1.807, 2.05) is 0 Å². The fourth-order valence-electron chi connectivity index (χ4n) is 2.63. The molecule has 10 heteroatoms. The Labute approximate surface area is 176 Å². The molecule has 0 atom stereocenters. The first-order chi connectivity index (χ1) is 13.1. The van der Waals surface area contributed by atoms with Crippen molar-refractivity contribution < 1.29 is 16.8 Å². The van der Waals surface area contributed by atoms with Crippen LogP contribution in [-0.2, 0) is 26.5 Å². The molecule has 28 heavy (non-hydrogen) atoms. The predicted octanol–water partition coefficient (Wildman–Crippen LogP) is 3.54. The minimum Gasteiger partial charge on any atom is -0.211 e. The zero-order valence-corrected chi connectivity index (χ0v) is 18.7. The second kappa shape index (κ2) is 9.56. The summed E-state index contributed by atoms with van der Waals surface area (Å²) in [5, 5.41) is 0.359. The molecule has 2 aromatic rings. The van der Waals surface area contributed by atoms with Gasteiger partial charge < -0.3 is 0 Å². The summed E-state index contributed by atoms with van der Waals surface area (Å²) < 4.78 is 53.6. The highest BCUT2D eigenvalue weighted by atomic mass is 35.5. The lowest BCUT2D eigenvalue weighted by molar-refractivity contribution is 0.445. The third-order valence-electron chi connectivity index (χ3n) is 4.16. The van der Waals surface area contributed by atoms with Gasteiger partial charge in [-0.1, -0.05) is 49.2 Å². The third-order valence-corrected chi connectivity index (χ3v) is 8.40. The van der Waals surface area contributed by atoms with Crippen LogP contribution in [0.2, 0.25) is 10.0 Å². The molecule has 0 saturated carbocycles. The maximum absolute atomic E-state index is 12.5. The van der Waals surface area contributed by atoms with Gasteiger partial charge in [0.15, 0.2) is 0 Å². The number of nitrogens with zero attached hydrogens (tertiary/aromatic N) is 1. The number of halogens is 2. The Bertz CT molecular complexity index is 1020. The second-order valence-electron chi connectivity index (χ2n) is 5.96. The van der Waals surface area contributed by atoms with E-state index in [-0.39, 0.29) is 26.4 Å². The van der Waals surface area contributed by atoms with E-state index in [0.29, 0.717) is 19.5 Å². The summed E-state index contributed by atoms with van der Waals surface area (Å²) in [5.41, 5.74) is 0.804. The van der Waals surface area contributed by atoms with Crippen LogP contribution in [0.4, 0.5) is 0 Å². The van der Waals surface area contributed by atoms with Crippen LogP contribution in [0.15, 0.2) is 52.3 Å². The zero-order chi connectivity index (χ0) is 20.9. The lowest BCUT2D eigenvalue weighted by atomic mass is 10.2. The van der Waals surface area contributed by atoms with Gasteiger partial charge in [-0.25, -0.2) is 21.6 Å². The highest BCUT2D eigenvalue weighted by Gasteiger charge is 2.21. The van der Waals surface area contributed by atoms with Gasteiger partial charge in [-0.15, -0.1) is 0 Å². The lowest BCUT2D eigenvalue weighted by Crippen LogP contribution is -2.30. The van der Waals surface area contributed by atoms with E-state index in [2.05, 4.69) is 4.72 Å². The molecule has 0 aliphatic rings. The van der Waals surface area contributed by atoms with E-state index in [9.17, 15) is 16.8 Å². The van der Waals surface area contributed by atoms with Gasteiger partial charge in [-0.05, 0) is 42.3 Å². The summed E-state index contributed by atoms with van der Waals surface area (Å²) in [5.74, 6) is 0. The molecule has 0 spiro atoms. The molecule has 0 aromatic heterocycles. The smallest absolute Gasteiger partial charge is 0.211 e. The monoisotopic (exact) mass is 464 g/mol. The number of sulfonamides is 2. The van der Waals surface area contributed by atoms with E-state index in [4.69, 9.17) is 23.2 Å². The minimum atomic E-state index is -3.80. The molecular weight excluding hydrogens is 443 g/mol. The molecule has 0 amide bonds. The van der Waals surface area contributed by atoms with E-state index < -0.39 is 20.0 Å². The van der Waals surface area contributed by atoms with Crippen LogP contribution in [0.3, 0.4) is 0 Å². The molecule has 0 bridgehead atoms. The summed E-state index contributed by atoms with van der Waals surface area (Å²) in [7, 11) is -7.31. The molecule has 0 heterocycles. The molecule has 154 valence electrons. The topological polar surface area (TPSA) is 83.6 Å². The van der Waals surface area contributed by atoms with Gasteiger partial charge in [0, 0.05) is 24.7 Å². The van der Waals surface area contributed by atoms with Gasteiger partial charge in [-0.3, -0.25) is 0 Å². The standard InChI is InChI=1S/C18H22Cl2N2O4S2/c1-3-22(4-2)28(25,26)16-8-5-14(6-9-16)11-12-21-27(23,24)18-13-15(19)7-10-17(18)20/h5-10,13,21H,3-4,11-12H2,1-2H3. The summed E-state index contributed by atoms with van der Waals surface area (Å²) in [6.07, 6.45) is 0.392. The third kappa shape index (κ3) is 5.46. The molecule has 1 N–H and O–H groups in total. The van der Waals surface area contributed by atoms with E-state index in [1.54, 1.807) is 26.0 Å². The van der Waals surface area contributed by atoms with E-state index >= 15 is 0 Å². The number of hydrogen-bond donors (Lipinski definition) is 1. The van der Waals surface area contributed by atoms with Gasteiger partial charge in [-0.2, -0.15) is 4.31 Å². The fraction of sp³-hybridized carbons (Fsp3) is 0.333. The van der Waals surface area contributed by atoms with Gasteiger partial charge in [0.1, 0.15) is 4.90 Å². The van der Waals surface area contributed by atoms with Gasteiger partial charge in [0.25, 0.3) is 0 Å². The SMILES string of the molecule is CCN(CC)S(=O)(=O)c1ccc(CCNS(=O)(=O)c2cc(Cl)ccc2Cl)cc1. The first-order valence-electron chi connectivity index (χ1n) is 8.65. The normalized spacial score (nSPS) is 12.5. The molecular formula is C18H22Cl2N2O4S2. The summed E-state index contributed by atoms with van der Waals surface area (Å²) >= 11 is 11.8. The quantitative estimate of drug-likeness (QED) is 0.614. The molecule has 0 aliphatic carbocycles. The lowest BCUT2D eigenvalue weighted by Gasteiger charge is -2.18. The Morgan fingerprint density at radius 1 is 0.929 bits per heavy atom. The minimum absolute atomic E-state index is 0.0812. The summed E-state index contributed by atoms with van der Waals surface area (Å²) in [6, 6.07) is 10.6. The van der Waals surface area contributed by atoms with Crippen molar-refractivity contribution in [1.82, 2.24) is 9.03 Å². The fourth-order valence-corrected chi connectivity index (χ4v) is 5.88. The van der Waals surface area contributed by atoms with Crippen LogP contribution in [0.25, 0.3) is 0 Å². The van der Waals surface area contributed by atoms with E-state index in [0.717, 1.165) is 5.56 Å². The molecule has 0 aliphatic heterocycles. The summed E-state index contributed by atoms with van der Waals surface area (Å²) in [4.78, 5) is 0.133. The number of benzene rings is 2. The van der Waals surface area contributed by atoms with Crippen molar-refractivity contribution >= 4 is 43.2 Å². The molecule has 0 unspecified atom stereocenters. The molecule has 6 nitrogen and oxygen atoms in total. The average Bonchev–Trinajstić information content (AvgIpc) is 2.64. The van der Waals surface area contributed by atoms with Crippen LogP contribution in [0.1, 0.15) is 19.4 Å². The summed E-state index contributed by atoms with van der Waals surface area (Å²) in [6.45, 7) is 4.50. The van der Waals surface area contributed by atoms with Crippen LogP contribution < -0.4 is 4.72 Å². The van der Waals surface area contributed by atoms with Crippen LogP contribution in [0, 0.1) is 0 Å². The number of rotatable bonds is 9. The maximum Gasteiger partial charge on any atom is 0.243 e. The molecule has 2 rings (SSSR count). The van der Waals surface area contributed by atoms with Crippen molar-refractivity contribution in [1.29, 1.82) is 0 Å². The van der Waals surface area contributed by atoms with Crippen LogP contribution in [0.5, 0.6) is 0 Å². The Kier molecular flexibility index (Phi) is 7.89. The maximum atomic E-state index is 12.5. The average molecular weight is 465 g/mol. The molecule has 2 aromatic carbocycles. The Morgan fingerprint density at radius 2 is 1.54 bits per heavy atom. The van der Waals surface area contributed by atoms with Crippen molar-refractivity contribution in [3.05, 3.63) is 58.1 Å². The first kappa shape index (κ1) is 23.1. The number of hydrogen-bond acceptors (Lipinski definition) is 4. The van der Waals surface area contributed by atoms with Crippen molar-refractivity contribution in [3.63, 3.8) is 0 Å². The highest BCUT2D eigenvalue weighted by molar-refractivity contribution is 7.89. The Balaban J connectivity index is 2.05. The number of nitrogens with one attached hydrogen (secondary N) is 1. The molecule has 0 radical (unpaired) electrons. The highest BCUT2D eigenvalue weighted by Crippen LogP contribution is 2.24.